The lowest BCUT2D eigenvalue weighted by molar-refractivity contribution is 0.248. The topological polar surface area (TPSA) is 41.1 Å². The molecule has 21 heavy (non-hydrogen) atoms. The molecule has 1 aliphatic rings. The predicted molar refractivity (Wildman–Crippen MR) is 87.9 cm³/mol. The summed E-state index contributed by atoms with van der Waals surface area (Å²) in [7, 11) is 0. The Morgan fingerprint density at radius 1 is 1.19 bits per heavy atom. The summed E-state index contributed by atoms with van der Waals surface area (Å²) in [4.78, 5) is 13.4. The van der Waals surface area contributed by atoms with Crippen LogP contribution < -0.4 is 10.6 Å². The molecule has 0 saturated heterocycles. The van der Waals surface area contributed by atoms with Gasteiger partial charge in [-0.05, 0) is 42.7 Å². The lowest BCUT2D eigenvalue weighted by atomic mass is 10.0. The molecule has 2 amide bonds. The molecule has 0 spiro atoms. The van der Waals surface area contributed by atoms with Crippen LogP contribution in [0.25, 0.3) is 0 Å². The minimum Gasteiger partial charge on any atom is -0.331 e. The number of aryl methyl sites for hydroxylation is 1. The maximum Gasteiger partial charge on any atom is 0.319 e. The summed E-state index contributed by atoms with van der Waals surface area (Å²) < 4.78 is 0. The van der Waals surface area contributed by atoms with Crippen LogP contribution in [0.1, 0.15) is 23.6 Å². The van der Waals surface area contributed by atoms with Gasteiger partial charge in [-0.15, -0.1) is 11.8 Å². The Morgan fingerprint density at radius 2 is 2.05 bits per heavy atom. The molecule has 0 radical (unpaired) electrons. The molecule has 2 aromatic carbocycles. The Labute approximate surface area is 129 Å². The standard InChI is InChI=1S/C17H18N2OS/c1-12-5-4-6-13(11-12)18-17(20)19-15-9-10-21-16-8-3-2-7-14(15)16/h2-8,11,15H,9-10H2,1H3,(H2,18,19,20). The molecule has 0 aliphatic carbocycles. The van der Waals surface area contributed by atoms with Gasteiger partial charge in [0.25, 0.3) is 0 Å². The van der Waals surface area contributed by atoms with Crippen molar-refractivity contribution >= 4 is 23.5 Å². The molecule has 3 rings (SSSR count). The van der Waals surface area contributed by atoms with Crippen LogP contribution >= 0.6 is 11.8 Å². The van der Waals surface area contributed by atoms with E-state index in [9.17, 15) is 4.79 Å². The number of carbonyl (C=O) groups is 1. The summed E-state index contributed by atoms with van der Waals surface area (Å²) >= 11 is 1.85. The zero-order valence-corrected chi connectivity index (χ0v) is 12.7. The Morgan fingerprint density at radius 3 is 2.90 bits per heavy atom. The Kier molecular flexibility index (Phi) is 4.15. The first-order valence-corrected chi connectivity index (χ1v) is 8.07. The van der Waals surface area contributed by atoms with E-state index in [-0.39, 0.29) is 12.1 Å². The van der Waals surface area contributed by atoms with E-state index < -0.39 is 0 Å². The minimum absolute atomic E-state index is 0.0901. The second-order valence-corrected chi connectivity index (χ2v) is 6.33. The van der Waals surface area contributed by atoms with E-state index in [1.165, 1.54) is 10.5 Å². The van der Waals surface area contributed by atoms with Gasteiger partial charge in [0, 0.05) is 16.3 Å². The fourth-order valence-corrected chi connectivity index (χ4v) is 3.67. The number of hydrogen-bond acceptors (Lipinski definition) is 2. The zero-order valence-electron chi connectivity index (χ0n) is 11.9. The fourth-order valence-electron chi connectivity index (χ4n) is 2.54. The Bertz CT molecular complexity index is 657. The summed E-state index contributed by atoms with van der Waals surface area (Å²) in [6.45, 7) is 2.01. The van der Waals surface area contributed by atoms with Crippen LogP contribution in [0.4, 0.5) is 10.5 Å². The summed E-state index contributed by atoms with van der Waals surface area (Å²) in [6.07, 6.45) is 0.961. The quantitative estimate of drug-likeness (QED) is 0.865. The molecular weight excluding hydrogens is 280 g/mol. The molecule has 108 valence electrons. The highest BCUT2D eigenvalue weighted by Gasteiger charge is 2.21. The summed E-state index contributed by atoms with van der Waals surface area (Å²) in [6, 6.07) is 16.0. The first-order chi connectivity index (χ1) is 10.2. The first-order valence-electron chi connectivity index (χ1n) is 7.08. The van der Waals surface area contributed by atoms with Gasteiger partial charge >= 0.3 is 6.03 Å². The zero-order chi connectivity index (χ0) is 14.7. The van der Waals surface area contributed by atoms with Crippen LogP contribution in [-0.4, -0.2) is 11.8 Å². The van der Waals surface area contributed by atoms with Gasteiger partial charge in [-0.1, -0.05) is 30.3 Å². The minimum atomic E-state index is -0.146. The van der Waals surface area contributed by atoms with Crippen LogP contribution in [0.2, 0.25) is 0 Å². The Hall–Kier alpha value is -1.94. The average molecular weight is 298 g/mol. The molecule has 1 aliphatic heterocycles. The molecule has 1 unspecified atom stereocenters. The third-order valence-corrected chi connectivity index (χ3v) is 4.66. The lowest BCUT2D eigenvalue weighted by Gasteiger charge is -2.26. The van der Waals surface area contributed by atoms with Crippen molar-refractivity contribution in [2.75, 3.05) is 11.1 Å². The van der Waals surface area contributed by atoms with Crippen molar-refractivity contribution in [3.05, 3.63) is 59.7 Å². The van der Waals surface area contributed by atoms with Gasteiger partial charge in [-0.2, -0.15) is 0 Å². The van der Waals surface area contributed by atoms with Crippen molar-refractivity contribution in [2.45, 2.75) is 24.3 Å². The average Bonchev–Trinajstić information content (AvgIpc) is 2.47. The molecule has 0 fully saturated rings. The number of fused-ring (bicyclic) bond motifs is 1. The number of benzene rings is 2. The number of hydrogen-bond donors (Lipinski definition) is 2. The maximum atomic E-state index is 12.2. The predicted octanol–water partition coefficient (Wildman–Crippen LogP) is 4.35. The third-order valence-electron chi connectivity index (χ3n) is 3.54. The molecule has 2 aromatic rings. The van der Waals surface area contributed by atoms with Crippen LogP contribution in [0.15, 0.2) is 53.4 Å². The Balaban J connectivity index is 1.68. The highest BCUT2D eigenvalue weighted by atomic mass is 32.2. The molecule has 0 aromatic heterocycles. The summed E-state index contributed by atoms with van der Waals surface area (Å²) in [5.41, 5.74) is 3.17. The van der Waals surface area contributed by atoms with Gasteiger partial charge in [0.1, 0.15) is 0 Å². The van der Waals surface area contributed by atoms with Crippen LogP contribution in [0, 0.1) is 6.92 Å². The van der Waals surface area contributed by atoms with E-state index in [1.54, 1.807) is 0 Å². The molecule has 0 bridgehead atoms. The van der Waals surface area contributed by atoms with Crippen molar-refractivity contribution in [2.24, 2.45) is 0 Å². The molecule has 2 N–H and O–H groups in total. The first kappa shape index (κ1) is 14.0. The molecular formula is C17H18N2OS. The second kappa shape index (κ2) is 6.22. The maximum absolute atomic E-state index is 12.2. The number of anilines is 1. The van der Waals surface area contributed by atoms with Gasteiger partial charge in [0.15, 0.2) is 0 Å². The summed E-state index contributed by atoms with van der Waals surface area (Å²) in [5, 5.41) is 5.98. The van der Waals surface area contributed by atoms with Gasteiger partial charge in [0.2, 0.25) is 0 Å². The number of amides is 2. The lowest BCUT2D eigenvalue weighted by Crippen LogP contribution is -2.34. The monoisotopic (exact) mass is 298 g/mol. The van der Waals surface area contributed by atoms with Crippen molar-refractivity contribution in [1.29, 1.82) is 0 Å². The molecule has 3 nitrogen and oxygen atoms in total. The molecule has 0 saturated carbocycles. The number of carbonyl (C=O) groups excluding carboxylic acids is 1. The van der Waals surface area contributed by atoms with E-state index >= 15 is 0 Å². The van der Waals surface area contributed by atoms with E-state index in [0.717, 1.165) is 23.4 Å². The van der Waals surface area contributed by atoms with Crippen LogP contribution in [0.5, 0.6) is 0 Å². The van der Waals surface area contributed by atoms with Crippen molar-refractivity contribution in [3.63, 3.8) is 0 Å². The highest BCUT2D eigenvalue weighted by molar-refractivity contribution is 7.99. The normalized spacial score (nSPS) is 16.9. The summed E-state index contributed by atoms with van der Waals surface area (Å²) in [5.74, 6) is 1.03. The van der Waals surface area contributed by atoms with E-state index in [4.69, 9.17) is 0 Å². The number of rotatable bonds is 2. The smallest absolute Gasteiger partial charge is 0.319 e. The third kappa shape index (κ3) is 3.39. The SMILES string of the molecule is Cc1cccc(NC(=O)NC2CCSc3ccccc32)c1. The van der Waals surface area contributed by atoms with Gasteiger partial charge in [0.05, 0.1) is 6.04 Å². The molecule has 1 atom stereocenters. The van der Waals surface area contributed by atoms with Gasteiger partial charge in [-0.25, -0.2) is 4.79 Å². The number of nitrogens with one attached hydrogen (secondary N) is 2. The number of urea groups is 1. The molecule has 1 heterocycles. The van der Waals surface area contributed by atoms with E-state index in [2.05, 4.69) is 22.8 Å². The van der Waals surface area contributed by atoms with Crippen molar-refractivity contribution in [1.82, 2.24) is 5.32 Å². The number of thioether (sulfide) groups is 1. The van der Waals surface area contributed by atoms with Crippen LogP contribution in [-0.2, 0) is 0 Å². The van der Waals surface area contributed by atoms with Crippen molar-refractivity contribution in [3.8, 4) is 0 Å². The fraction of sp³-hybridized carbons (Fsp3) is 0.235. The van der Waals surface area contributed by atoms with Gasteiger partial charge < -0.3 is 10.6 Å². The molecule has 4 heteroatoms. The highest BCUT2D eigenvalue weighted by Crippen LogP contribution is 2.35. The van der Waals surface area contributed by atoms with Crippen LogP contribution in [0.3, 0.4) is 0 Å². The second-order valence-electron chi connectivity index (χ2n) is 5.20. The largest absolute Gasteiger partial charge is 0.331 e. The van der Waals surface area contributed by atoms with Gasteiger partial charge in [-0.3, -0.25) is 0 Å². The van der Waals surface area contributed by atoms with E-state index in [0.29, 0.717) is 0 Å². The van der Waals surface area contributed by atoms with E-state index in [1.807, 2.05) is 55.1 Å². The van der Waals surface area contributed by atoms with Crippen molar-refractivity contribution < 1.29 is 4.79 Å².